The second-order valence-electron chi connectivity index (χ2n) is 6.34. The quantitative estimate of drug-likeness (QED) is 0.811. The van der Waals surface area contributed by atoms with Gasteiger partial charge < -0.3 is 15.1 Å². The summed E-state index contributed by atoms with van der Waals surface area (Å²) in [5, 5.41) is 3.31. The molecule has 2 rings (SSSR count). The third-order valence-corrected chi connectivity index (χ3v) is 4.43. The SMILES string of the molecule is CC(C)C(=O)N1CCC(C(=O)N2CCNC[C@@H]2C)CC1. The van der Waals surface area contributed by atoms with Crippen LogP contribution in [0, 0.1) is 11.8 Å². The van der Waals surface area contributed by atoms with Crippen molar-refractivity contribution in [2.75, 3.05) is 32.7 Å². The highest BCUT2D eigenvalue weighted by atomic mass is 16.2. The number of hydrogen-bond acceptors (Lipinski definition) is 3. The molecule has 0 aliphatic carbocycles. The van der Waals surface area contributed by atoms with Gasteiger partial charge in [0.2, 0.25) is 11.8 Å². The lowest BCUT2D eigenvalue weighted by atomic mass is 9.93. The molecular weight excluding hydrogens is 254 g/mol. The zero-order chi connectivity index (χ0) is 14.7. The van der Waals surface area contributed by atoms with Gasteiger partial charge in [0.25, 0.3) is 0 Å². The minimum atomic E-state index is 0.0513. The van der Waals surface area contributed by atoms with Gasteiger partial charge in [-0.15, -0.1) is 0 Å². The molecule has 0 aromatic carbocycles. The maximum absolute atomic E-state index is 12.6. The smallest absolute Gasteiger partial charge is 0.226 e. The van der Waals surface area contributed by atoms with Crippen molar-refractivity contribution < 1.29 is 9.59 Å². The highest BCUT2D eigenvalue weighted by Gasteiger charge is 2.33. The third kappa shape index (κ3) is 3.32. The second-order valence-corrected chi connectivity index (χ2v) is 6.34. The Morgan fingerprint density at radius 1 is 1.15 bits per heavy atom. The molecular formula is C15H27N3O2. The molecule has 0 radical (unpaired) electrons. The average molecular weight is 281 g/mol. The van der Waals surface area contributed by atoms with Crippen molar-refractivity contribution in [3.63, 3.8) is 0 Å². The topological polar surface area (TPSA) is 52.7 Å². The molecule has 0 aromatic heterocycles. The van der Waals surface area contributed by atoms with E-state index in [1.165, 1.54) is 0 Å². The molecule has 0 spiro atoms. The van der Waals surface area contributed by atoms with E-state index in [-0.39, 0.29) is 29.7 Å². The zero-order valence-corrected chi connectivity index (χ0v) is 12.9. The minimum absolute atomic E-state index is 0.0513. The number of carbonyl (C=O) groups excluding carboxylic acids is 2. The van der Waals surface area contributed by atoms with E-state index in [1.807, 2.05) is 23.6 Å². The molecule has 0 saturated carbocycles. The highest BCUT2D eigenvalue weighted by Crippen LogP contribution is 2.22. The van der Waals surface area contributed by atoms with Gasteiger partial charge in [-0.3, -0.25) is 9.59 Å². The van der Waals surface area contributed by atoms with Crippen LogP contribution in [-0.4, -0.2) is 60.4 Å². The maximum atomic E-state index is 12.6. The van der Waals surface area contributed by atoms with Crippen LogP contribution in [0.2, 0.25) is 0 Å². The summed E-state index contributed by atoms with van der Waals surface area (Å²) in [5.41, 5.74) is 0. The number of likely N-dealkylation sites (tertiary alicyclic amines) is 1. The Morgan fingerprint density at radius 3 is 2.35 bits per heavy atom. The van der Waals surface area contributed by atoms with E-state index < -0.39 is 0 Å². The van der Waals surface area contributed by atoms with E-state index >= 15 is 0 Å². The summed E-state index contributed by atoms with van der Waals surface area (Å²) in [7, 11) is 0. The van der Waals surface area contributed by atoms with Crippen LogP contribution < -0.4 is 5.32 Å². The van der Waals surface area contributed by atoms with Crippen LogP contribution in [0.1, 0.15) is 33.6 Å². The summed E-state index contributed by atoms with van der Waals surface area (Å²) < 4.78 is 0. The van der Waals surface area contributed by atoms with Crippen molar-refractivity contribution in [1.29, 1.82) is 0 Å². The lowest BCUT2D eigenvalue weighted by molar-refractivity contribution is -0.143. The molecule has 0 aromatic rings. The van der Waals surface area contributed by atoms with Crippen molar-refractivity contribution in [3.8, 4) is 0 Å². The summed E-state index contributed by atoms with van der Waals surface area (Å²) >= 11 is 0. The predicted molar refractivity (Wildman–Crippen MR) is 78.2 cm³/mol. The molecule has 5 nitrogen and oxygen atoms in total. The number of rotatable bonds is 2. The second kappa shape index (κ2) is 6.57. The molecule has 2 saturated heterocycles. The molecule has 1 atom stereocenters. The average Bonchev–Trinajstić information content (AvgIpc) is 2.46. The van der Waals surface area contributed by atoms with Gasteiger partial charge in [-0.05, 0) is 19.8 Å². The minimum Gasteiger partial charge on any atom is -0.342 e. The Balaban J connectivity index is 1.87. The van der Waals surface area contributed by atoms with Crippen LogP contribution in [0.4, 0.5) is 0 Å². The summed E-state index contributed by atoms with van der Waals surface area (Å²) in [6.07, 6.45) is 1.63. The summed E-state index contributed by atoms with van der Waals surface area (Å²) in [5.74, 6) is 0.657. The van der Waals surface area contributed by atoms with Gasteiger partial charge in [-0.2, -0.15) is 0 Å². The number of carbonyl (C=O) groups is 2. The van der Waals surface area contributed by atoms with E-state index in [4.69, 9.17) is 0 Å². The molecule has 114 valence electrons. The van der Waals surface area contributed by atoms with Crippen LogP contribution in [-0.2, 0) is 9.59 Å². The lowest BCUT2D eigenvalue weighted by Gasteiger charge is -2.39. The van der Waals surface area contributed by atoms with Crippen molar-refractivity contribution in [3.05, 3.63) is 0 Å². The maximum Gasteiger partial charge on any atom is 0.226 e. The number of nitrogens with one attached hydrogen (secondary N) is 1. The Kier molecular flexibility index (Phi) is 5.02. The standard InChI is InChI=1S/C15H27N3O2/c1-11(2)14(19)17-7-4-13(5-8-17)15(20)18-9-6-16-10-12(18)3/h11-13,16H,4-10H2,1-3H3/t12-/m0/s1. The molecule has 0 unspecified atom stereocenters. The zero-order valence-electron chi connectivity index (χ0n) is 12.9. The first-order chi connectivity index (χ1) is 9.50. The monoisotopic (exact) mass is 281 g/mol. The first-order valence-corrected chi connectivity index (χ1v) is 7.80. The van der Waals surface area contributed by atoms with E-state index in [9.17, 15) is 9.59 Å². The van der Waals surface area contributed by atoms with Gasteiger partial charge in [-0.25, -0.2) is 0 Å². The lowest BCUT2D eigenvalue weighted by Crippen LogP contribution is -2.55. The van der Waals surface area contributed by atoms with Gasteiger partial charge >= 0.3 is 0 Å². The number of hydrogen-bond donors (Lipinski definition) is 1. The Bertz CT molecular complexity index is 362. The molecule has 0 bridgehead atoms. The van der Waals surface area contributed by atoms with Gasteiger partial charge in [0, 0.05) is 50.6 Å². The summed E-state index contributed by atoms with van der Waals surface area (Å²) in [4.78, 5) is 28.4. The van der Waals surface area contributed by atoms with Crippen molar-refractivity contribution in [2.24, 2.45) is 11.8 Å². The molecule has 20 heavy (non-hydrogen) atoms. The first kappa shape index (κ1) is 15.3. The van der Waals surface area contributed by atoms with Crippen LogP contribution in [0.15, 0.2) is 0 Å². The molecule has 2 aliphatic rings. The normalized spacial score (nSPS) is 25.1. The van der Waals surface area contributed by atoms with Crippen molar-refractivity contribution in [1.82, 2.24) is 15.1 Å². The van der Waals surface area contributed by atoms with Gasteiger partial charge in [-0.1, -0.05) is 13.8 Å². The fourth-order valence-corrected chi connectivity index (χ4v) is 3.11. The van der Waals surface area contributed by atoms with E-state index in [1.54, 1.807) is 0 Å². The van der Waals surface area contributed by atoms with Crippen LogP contribution in [0.25, 0.3) is 0 Å². The molecule has 2 heterocycles. The van der Waals surface area contributed by atoms with Crippen molar-refractivity contribution in [2.45, 2.75) is 39.7 Å². The van der Waals surface area contributed by atoms with Crippen LogP contribution >= 0.6 is 0 Å². The molecule has 2 aliphatic heterocycles. The highest BCUT2D eigenvalue weighted by molar-refractivity contribution is 5.81. The number of amides is 2. The van der Waals surface area contributed by atoms with Crippen LogP contribution in [0.3, 0.4) is 0 Å². The molecule has 5 heteroatoms. The Labute approximate surface area is 121 Å². The Morgan fingerprint density at radius 2 is 1.80 bits per heavy atom. The molecule has 2 amide bonds. The number of piperidine rings is 1. The van der Waals surface area contributed by atoms with Gasteiger partial charge in [0.1, 0.15) is 0 Å². The predicted octanol–water partition coefficient (Wildman–Crippen LogP) is 0.701. The molecule has 2 fully saturated rings. The van der Waals surface area contributed by atoms with Gasteiger partial charge in [0.15, 0.2) is 0 Å². The fraction of sp³-hybridized carbons (Fsp3) is 0.867. The summed E-state index contributed by atoms with van der Waals surface area (Å²) in [6, 6.07) is 0.284. The van der Waals surface area contributed by atoms with E-state index in [0.717, 1.165) is 45.6 Å². The Hall–Kier alpha value is -1.10. The fourth-order valence-electron chi connectivity index (χ4n) is 3.11. The number of nitrogens with zero attached hydrogens (tertiary/aromatic N) is 2. The third-order valence-electron chi connectivity index (χ3n) is 4.43. The first-order valence-electron chi connectivity index (χ1n) is 7.80. The molecule has 1 N–H and O–H groups in total. The summed E-state index contributed by atoms with van der Waals surface area (Å²) in [6.45, 7) is 10.0. The van der Waals surface area contributed by atoms with Crippen molar-refractivity contribution >= 4 is 11.8 Å². The number of piperazine rings is 1. The van der Waals surface area contributed by atoms with E-state index in [0.29, 0.717) is 0 Å². The van der Waals surface area contributed by atoms with Crippen LogP contribution in [0.5, 0.6) is 0 Å². The van der Waals surface area contributed by atoms with E-state index in [2.05, 4.69) is 12.2 Å². The largest absolute Gasteiger partial charge is 0.342 e. The van der Waals surface area contributed by atoms with Gasteiger partial charge in [0.05, 0.1) is 0 Å².